The third kappa shape index (κ3) is 5.79. The van der Waals surface area contributed by atoms with Crippen LogP contribution in [0.4, 0.5) is 10.6 Å². The molecule has 0 saturated heterocycles. The SMILES string of the molecule is CC(C)C(COc1ccnc(N)c1)N(C)C(=O)OC(C)(C)C. The Labute approximate surface area is 132 Å². The number of pyridine rings is 1. The summed E-state index contributed by atoms with van der Waals surface area (Å²) in [4.78, 5) is 17.7. The zero-order valence-electron chi connectivity index (χ0n) is 14.3. The van der Waals surface area contributed by atoms with Crippen LogP contribution in [0.3, 0.4) is 0 Å². The molecule has 124 valence electrons. The second-order valence-electron chi connectivity index (χ2n) is 6.63. The van der Waals surface area contributed by atoms with E-state index in [4.69, 9.17) is 15.2 Å². The summed E-state index contributed by atoms with van der Waals surface area (Å²) in [5, 5.41) is 0. The van der Waals surface area contributed by atoms with Crippen LogP contribution in [-0.4, -0.2) is 41.3 Å². The molecular formula is C16H27N3O3. The van der Waals surface area contributed by atoms with E-state index in [0.29, 0.717) is 18.2 Å². The van der Waals surface area contributed by atoms with Crippen molar-refractivity contribution in [2.45, 2.75) is 46.3 Å². The van der Waals surface area contributed by atoms with Crippen molar-refractivity contribution in [3.05, 3.63) is 18.3 Å². The molecule has 1 amide bonds. The van der Waals surface area contributed by atoms with Crippen molar-refractivity contribution in [1.82, 2.24) is 9.88 Å². The van der Waals surface area contributed by atoms with Gasteiger partial charge in [0.25, 0.3) is 0 Å². The van der Waals surface area contributed by atoms with Crippen LogP contribution in [0.5, 0.6) is 5.75 Å². The van der Waals surface area contributed by atoms with Crippen molar-refractivity contribution >= 4 is 11.9 Å². The average Bonchev–Trinajstić information content (AvgIpc) is 2.36. The molecule has 1 atom stereocenters. The Kier molecular flexibility index (Phi) is 6.02. The number of likely N-dealkylation sites (N-methyl/N-ethyl adjacent to an activating group) is 1. The maximum Gasteiger partial charge on any atom is 0.410 e. The number of carbonyl (C=O) groups is 1. The summed E-state index contributed by atoms with van der Waals surface area (Å²) >= 11 is 0. The number of anilines is 1. The van der Waals surface area contributed by atoms with E-state index < -0.39 is 5.60 Å². The van der Waals surface area contributed by atoms with Gasteiger partial charge in [0.2, 0.25) is 0 Å². The molecule has 6 nitrogen and oxygen atoms in total. The van der Waals surface area contributed by atoms with E-state index in [1.54, 1.807) is 30.3 Å². The fraction of sp³-hybridized carbons (Fsp3) is 0.625. The van der Waals surface area contributed by atoms with E-state index in [2.05, 4.69) is 4.98 Å². The summed E-state index contributed by atoms with van der Waals surface area (Å²) in [6.07, 6.45) is 1.23. The van der Waals surface area contributed by atoms with Crippen LogP contribution in [0.25, 0.3) is 0 Å². The Hall–Kier alpha value is -1.98. The lowest BCUT2D eigenvalue weighted by molar-refractivity contribution is 0.0120. The summed E-state index contributed by atoms with van der Waals surface area (Å²) in [6.45, 7) is 9.97. The van der Waals surface area contributed by atoms with Crippen molar-refractivity contribution < 1.29 is 14.3 Å². The number of carbonyl (C=O) groups excluding carboxylic acids is 1. The molecule has 0 aliphatic carbocycles. The molecule has 2 N–H and O–H groups in total. The van der Waals surface area contributed by atoms with Crippen molar-refractivity contribution in [3.63, 3.8) is 0 Å². The summed E-state index contributed by atoms with van der Waals surface area (Å²) in [5.74, 6) is 1.26. The molecule has 0 radical (unpaired) electrons. The summed E-state index contributed by atoms with van der Waals surface area (Å²) < 4.78 is 11.1. The molecule has 1 aromatic rings. The number of amides is 1. The molecule has 1 rings (SSSR count). The van der Waals surface area contributed by atoms with Crippen molar-refractivity contribution in [2.75, 3.05) is 19.4 Å². The first kappa shape index (κ1) is 18.1. The van der Waals surface area contributed by atoms with E-state index in [9.17, 15) is 4.79 Å². The van der Waals surface area contributed by atoms with Crippen LogP contribution in [0.2, 0.25) is 0 Å². The minimum atomic E-state index is -0.521. The molecule has 1 unspecified atom stereocenters. The van der Waals surface area contributed by atoms with Gasteiger partial charge in [0.1, 0.15) is 23.8 Å². The maximum atomic E-state index is 12.2. The first-order valence-corrected chi connectivity index (χ1v) is 7.40. The first-order valence-electron chi connectivity index (χ1n) is 7.40. The standard InChI is InChI=1S/C16H27N3O3/c1-11(2)13(19(6)15(20)22-16(3,4)5)10-21-12-7-8-18-14(17)9-12/h7-9,11,13H,10H2,1-6H3,(H2,17,18). The highest BCUT2D eigenvalue weighted by molar-refractivity contribution is 5.68. The van der Waals surface area contributed by atoms with Gasteiger partial charge in [-0.2, -0.15) is 0 Å². The normalized spacial score (nSPS) is 12.9. The second-order valence-corrected chi connectivity index (χ2v) is 6.63. The van der Waals surface area contributed by atoms with Gasteiger partial charge in [-0.05, 0) is 32.8 Å². The molecule has 1 aromatic heterocycles. The van der Waals surface area contributed by atoms with Crippen LogP contribution in [-0.2, 0) is 4.74 Å². The molecular weight excluding hydrogens is 282 g/mol. The van der Waals surface area contributed by atoms with Gasteiger partial charge in [-0.25, -0.2) is 9.78 Å². The first-order chi connectivity index (χ1) is 10.1. The lowest BCUT2D eigenvalue weighted by atomic mass is 10.0. The lowest BCUT2D eigenvalue weighted by Crippen LogP contribution is -2.46. The Morgan fingerprint density at radius 1 is 1.41 bits per heavy atom. The molecule has 0 spiro atoms. The van der Waals surface area contributed by atoms with E-state index in [0.717, 1.165) is 0 Å². The highest BCUT2D eigenvalue weighted by Gasteiger charge is 2.27. The largest absolute Gasteiger partial charge is 0.491 e. The smallest absolute Gasteiger partial charge is 0.410 e. The topological polar surface area (TPSA) is 77.7 Å². The fourth-order valence-corrected chi connectivity index (χ4v) is 1.92. The van der Waals surface area contributed by atoms with Gasteiger partial charge in [-0.15, -0.1) is 0 Å². The van der Waals surface area contributed by atoms with Crippen LogP contribution in [0, 0.1) is 5.92 Å². The number of rotatable bonds is 5. The quantitative estimate of drug-likeness (QED) is 0.904. The molecule has 0 aliphatic rings. The zero-order chi connectivity index (χ0) is 16.9. The van der Waals surface area contributed by atoms with Gasteiger partial charge >= 0.3 is 6.09 Å². The fourth-order valence-electron chi connectivity index (χ4n) is 1.92. The van der Waals surface area contributed by atoms with Crippen LogP contribution in [0.15, 0.2) is 18.3 Å². The van der Waals surface area contributed by atoms with E-state index in [1.807, 2.05) is 34.6 Å². The lowest BCUT2D eigenvalue weighted by Gasteiger charge is -2.32. The van der Waals surface area contributed by atoms with E-state index in [-0.39, 0.29) is 18.1 Å². The highest BCUT2D eigenvalue weighted by atomic mass is 16.6. The molecule has 0 fully saturated rings. The van der Waals surface area contributed by atoms with E-state index >= 15 is 0 Å². The summed E-state index contributed by atoms with van der Waals surface area (Å²) in [6, 6.07) is 3.29. The van der Waals surface area contributed by atoms with Crippen LogP contribution in [0.1, 0.15) is 34.6 Å². The Morgan fingerprint density at radius 3 is 2.55 bits per heavy atom. The van der Waals surface area contributed by atoms with Gasteiger partial charge in [0.05, 0.1) is 6.04 Å². The molecule has 0 bridgehead atoms. The van der Waals surface area contributed by atoms with Gasteiger partial charge in [-0.1, -0.05) is 13.8 Å². The van der Waals surface area contributed by atoms with Crippen LogP contribution >= 0.6 is 0 Å². The van der Waals surface area contributed by atoms with E-state index in [1.165, 1.54) is 0 Å². The molecule has 22 heavy (non-hydrogen) atoms. The maximum absolute atomic E-state index is 12.2. The molecule has 0 saturated carbocycles. The number of hydrogen-bond donors (Lipinski definition) is 1. The number of nitrogen functional groups attached to an aromatic ring is 1. The number of nitrogens with zero attached hydrogens (tertiary/aromatic N) is 2. The van der Waals surface area contributed by atoms with Gasteiger partial charge in [-0.3, -0.25) is 0 Å². The molecule has 0 aliphatic heterocycles. The molecule has 0 aromatic carbocycles. The Balaban J connectivity index is 2.70. The monoisotopic (exact) mass is 309 g/mol. The minimum Gasteiger partial charge on any atom is -0.491 e. The average molecular weight is 309 g/mol. The number of hydrogen-bond acceptors (Lipinski definition) is 5. The second kappa shape index (κ2) is 7.33. The minimum absolute atomic E-state index is 0.107. The van der Waals surface area contributed by atoms with Crippen LogP contribution < -0.4 is 10.5 Å². The van der Waals surface area contributed by atoms with Crippen molar-refractivity contribution in [3.8, 4) is 5.75 Å². The van der Waals surface area contributed by atoms with Crippen molar-refractivity contribution in [1.29, 1.82) is 0 Å². The number of nitrogens with two attached hydrogens (primary N) is 1. The zero-order valence-corrected chi connectivity index (χ0v) is 14.3. The number of aromatic nitrogens is 1. The third-order valence-corrected chi connectivity index (χ3v) is 3.12. The Bertz CT molecular complexity index is 498. The number of ether oxygens (including phenoxy) is 2. The molecule has 1 heterocycles. The summed E-state index contributed by atoms with van der Waals surface area (Å²) in [7, 11) is 1.73. The summed E-state index contributed by atoms with van der Waals surface area (Å²) in [5.41, 5.74) is 5.11. The van der Waals surface area contributed by atoms with Crippen molar-refractivity contribution in [2.24, 2.45) is 5.92 Å². The predicted molar refractivity (Wildman–Crippen MR) is 86.8 cm³/mol. The van der Waals surface area contributed by atoms with Gasteiger partial charge < -0.3 is 20.1 Å². The van der Waals surface area contributed by atoms with Gasteiger partial charge in [0.15, 0.2) is 0 Å². The molecule has 6 heteroatoms. The van der Waals surface area contributed by atoms with Gasteiger partial charge in [0, 0.05) is 19.3 Å². The third-order valence-electron chi connectivity index (χ3n) is 3.12. The predicted octanol–water partition coefficient (Wildman–Crippen LogP) is 2.93. The highest BCUT2D eigenvalue weighted by Crippen LogP contribution is 2.18. The Morgan fingerprint density at radius 2 is 2.05 bits per heavy atom.